The second-order valence-corrected chi connectivity index (χ2v) is 10.1. The number of benzene rings is 1. The van der Waals surface area contributed by atoms with E-state index in [1.165, 1.54) is 18.4 Å². The van der Waals surface area contributed by atoms with Crippen molar-refractivity contribution in [1.82, 2.24) is 20.1 Å². The number of hydrogen-bond donors (Lipinski definition) is 1. The van der Waals surface area contributed by atoms with E-state index in [1.54, 1.807) is 12.3 Å². The second kappa shape index (κ2) is 11.7. The topological polar surface area (TPSA) is 51.7 Å². The van der Waals surface area contributed by atoms with Crippen LogP contribution in [-0.4, -0.2) is 72.0 Å². The molecule has 0 spiro atoms. The fourth-order valence-corrected chi connectivity index (χ4v) is 5.63. The molecule has 1 aromatic carbocycles. The van der Waals surface area contributed by atoms with E-state index in [-0.39, 0.29) is 7.33 Å². The summed E-state index contributed by atoms with van der Waals surface area (Å²) in [5, 5.41) is 4.14. The molecule has 0 aliphatic carbocycles. The van der Waals surface area contributed by atoms with Crippen molar-refractivity contribution in [2.45, 2.75) is 51.7 Å². The zero-order chi connectivity index (χ0) is 24.1. The van der Waals surface area contributed by atoms with E-state index in [2.05, 4.69) is 44.1 Å². The van der Waals surface area contributed by atoms with Crippen molar-refractivity contribution < 1.29 is 6.22 Å². The van der Waals surface area contributed by atoms with Crippen LogP contribution in [-0.2, 0) is 6.54 Å². The van der Waals surface area contributed by atoms with Crippen LogP contribution in [0.3, 0.4) is 0 Å². The highest BCUT2D eigenvalue weighted by Gasteiger charge is 2.34. The molecule has 0 radical (unpaired) electrons. The van der Waals surface area contributed by atoms with Gasteiger partial charge in [-0.1, -0.05) is 42.3 Å². The summed E-state index contributed by atoms with van der Waals surface area (Å²) >= 11 is 12.6. The highest BCUT2D eigenvalue weighted by molar-refractivity contribution is 6.33. The van der Waals surface area contributed by atoms with Gasteiger partial charge in [-0.2, -0.15) is 0 Å². The minimum atomic E-state index is -0.137. The van der Waals surface area contributed by atoms with Crippen molar-refractivity contribution in [2.75, 3.05) is 44.2 Å². The normalized spacial score (nSPS) is 20.5. The van der Waals surface area contributed by atoms with Gasteiger partial charge in [0.2, 0.25) is 0 Å². The largest absolute Gasteiger partial charge is 0.353 e. The lowest BCUT2D eigenvalue weighted by molar-refractivity contribution is 0.0610. The molecule has 1 N–H and O–H groups in total. The Kier molecular flexibility index (Phi) is 8.70. The van der Waals surface area contributed by atoms with Crippen molar-refractivity contribution in [1.29, 1.82) is 0 Å². The molecule has 2 aliphatic rings. The van der Waals surface area contributed by atoms with Crippen LogP contribution in [0, 0.1) is 0 Å². The van der Waals surface area contributed by atoms with Crippen molar-refractivity contribution in [3.63, 3.8) is 0 Å². The Hall–Kier alpha value is -1.86. The number of nitrogens with one attached hydrogen (secondary N) is 1. The van der Waals surface area contributed by atoms with Crippen LogP contribution >= 0.6 is 23.2 Å². The number of anilines is 1. The molecule has 0 unspecified atom stereocenters. The van der Waals surface area contributed by atoms with Gasteiger partial charge in [-0.3, -0.25) is 14.6 Å². The SMILES string of the molecule is CCNC(=O)c1cnc(N2CCN(C3CCN(Cc4ccc(Cl)cc4)CC3)[C@@H](CC)C2)c(Cl)c1.[HH]. The number of likely N-dealkylation sites (tertiary alicyclic amines) is 1. The first kappa shape index (κ1) is 25.2. The number of carbonyl (C=O) groups is 1. The summed E-state index contributed by atoms with van der Waals surface area (Å²) in [5.74, 6) is 0.646. The molecule has 2 aromatic rings. The Balaban J connectivity index is 0.00000342. The summed E-state index contributed by atoms with van der Waals surface area (Å²) in [6.45, 7) is 10.8. The third-order valence-corrected chi connectivity index (χ3v) is 7.60. The van der Waals surface area contributed by atoms with Crippen LogP contribution in [0.1, 0.15) is 50.5 Å². The van der Waals surface area contributed by atoms with Gasteiger partial charge >= 0.3 is 0 Å². The highest BCUT2D eigenvalue weighted by atomic mass is 35.5. The Morgan fingerprint density at radius 1 is 1.12 bits per heavy atom. The van der Waals surface area contributed by atoms with E-state index in [4.69, 9.17) is 23.2 Å². The lowest BCUT2D eigenvalue weighted by Crippen LogP contribution is -2.58. The number of carbonyl (C=O) groups excluding carboxylic acids is 1. The maximum atomic E-state index is 12.1. The summed E-state index contributed by atoms with van der Waals surface area (Å²) < 4.78 is 0. The summed E-state index contributed by atoms with van der Waals surface area (Å²) in [6, 6.07) is 11.0. The average molecular weight is 507 g/mol. The average Bonchev–Trinajstić information content (AvgIpc) is 2.85. The van der Waals surface area contributed by atoms with Crippen molar-refractivity contribution in [3.8, 4) is 0 Å². The van der Waals surface area contributed by atoms with Crippen molar-refractivity contribution >= 4 is 34.9 Å². The minimum absolute atomic E-state index is 0. The van der Waals surface area contributed by atoms with Crippen LogP contribution in [0.4, 0.5) is 5.82 Å². The van der Waals surface area contributed by atoms with Gasteiger partial charge < -0.3 is 10.2 Å². The number of nitrogens with zero attached hydrogens (tertiary/aromatic N) is 4. The second-order valence-electron chi connectivity index (χ2n) is 9.27. The van der Waals surface area contributed by atoms with Gasteiger partial charge in [0.25, 0.3) is 5.91 Å². The molecule has 6 nitrogen and oxygen atoms in total. The molecule has 2 saturated heterocycles. The number of pyridine rings is 1. The third kappa shape index (κ3) is 6.03. The van der Waals surface area contributed by atoms with Crippen LogP contribution in [0.15, 0.2) is 36.5 Å². The van der Waals surface area contributed by atoms with Crippen molar-refractivity contribution in [3.05, 3.63) is 57.7 Å². The number of piperazine rings is 1. The number of aromatic nitrogens is 1. The Morgan fingerprint density at radius 2 is 1.85 bits per heavy atom. The molecule has 1 aromatic heterocycles. The van der Waals surface area contributed by atoms with Crippen LogP contribution in [0.25, 0.3) is 0 Å². The van der Waals surface area contributed by atoms with Gasteiger partial charge in [0, 0.05) is 57.5 Å². The van der Waals surface area contributed by atoms with Gasteiger partial charge in [-0.05, 0) is 63.0 Å². The minimum Gasteiger partial charge on any atom is -0.353 e. The predicted molar refractivity (Wildman–Crippen MR) is 142 cm³/mol. The van der Waals surface area contributed by atoms with Crippen LogP contribution in [0.5, 0.6) is 0 Å². The zero-order valence-electron chi connectivity index (χ0n) is 20.1. The number of piperidine rings is 1. The van der Waals surface area contributed by atoms with E-state index in [1.807, 2.05) is 19.1 Å². The summed E-state index contributed by atoms with van der Waals surface area (Å²) in [5.41, 5.74) is 1.83. The highest BCUT2D eigenvalue weighted by Crippen LogP contribution is 2.30. The fourth-order valence-electron chi connectivity index (χ4n) is 5.21. The first-order chi connectivity index (χ1) is 16.5. The molecular weight excluding hydrogens is 469 g/mol. The molecule has 1 atom stereocenters. The molecule has 1 amide bonds. The van der Waals surface area contributed by atoms with Crippen LogP contribution < -0.4 is 10.2 Å². The van der Waals surface area contributed by atoms with Crippen LogP contribution in [0.2, 0.25) is 10.0 Å². The maximum absolute atomic E-state index is 12.1. The van der Waals surface area contributed by atoms with Crippen molar-refractivity contribution in [2.24, 2.45) is 0 Å². The molecule has 2 fully saturated rings. The number of rotatable bonds is 7. The van der Waals surface area contributed by atoms with Gasteiger partial charge in [0.1, 0.15) is 5.82 Å². The molecule has 0 bridgehead atoms. The fraction of sp³-hybridized carbons (Fsp3) is 0.538. The number of hydrogen-bond acceptors (Lipinski definition) is 5. The number of halogens is 2. The van der Waals surface area contributed by atoms with Gasteiger partial charge in [0.05, 0.1) is 10.6 Å². The first-order valence-corrected chi connectivity index (χ1v) is 13.1. The molecular formula is C26H37Cl2N5O. The first-order valence-electron chi connectivity index (χ1n) is 12.4. The van der Waals surface area contributed by atoms with E-state index in [0.29, 0.717) is 29.2 Å². The maximum Gasteiger partial charge on any atom is 0.252 e. The summed E-state index contributed by atoms with van der Waals surface area (Å²) in [4.78, 5) is 24.2. The molecule has 4 rings (SSSR count). The number of amides is 1. The molecule has 186 valence electrons. The Labute approximate surface area is 214 Å². The van der Waals surface area contributed by atoms with E-state index in [0.717, 1.165) is 56.5 Å². The van der Waals surface area contributed by atoms with E-state index in [9.17, 15) is 4.79 Å². The van der Waals surface area contributed by atoms with Gasteiger partial charge in [-0.25, -0.2) is 4.98 Å². The van der Waals surface area contributed by atoms with E-state index >= 15 is 0 Å². The molecule has 34 heavy (non-hydrogen) atoms. The smallest absolute Gasteiger partial charge is 0.252 e. The lowest BCUT2D eigenvalue weighted by atomic mass is 9.98. The van der Waals surface area contributed by atoms with Gasteiger partial charge in [0.15, 0.2) is 0 Å². The van der Waals surface area contributed by atoms with E-state index < -0.39 is 0 Å². The standard InChI is InChI=1S/C26H35Cl2N5O.H2/c1-3-22-18-32(25-24(28)15-20(16-30-25)26(34)29-4-2)13-14-33(22)23-9-11-31(12-10-23)17-19-5-7-21(27)8-6-19;/h5-8,15-16,22-23H,3-4,9-14,17-18H2,1-2H3,(H,29,34);1H/t22-;/m0./s1. The monoisotopic (exact) mass is 505 g/mol. The Bertz CT molecular complexity index is 969. The van der Waals surface area contributed by atoms with Gasteiger partial charge in [-0.15, -0.1) is 0 Å². The molecule has 3 heterocycles. The molecule has 2 aliphatic heterocycles. The lowest BCUT2D eigenvalue weighted by Gasteiger charge is -2.47. The molecule has 0 saturated carbocycles. The summed E-state index contributed by atoms with van der Waals surface area (Å²) in [7, 11) is 0. The Morgan fingerprint density at radius 3 is 2.50 bits per heavy atom. The zero-order valence-corrected chi connectivity index (χ0v) is 21.7. The molecule has 8 heteroatoms. The quantitative estimate of drug-likeness (QED) is 0.576. The predicted octanol–water partition coefficient (Wildman–Crippen LogP) is 4.95. The summed E-state index contributed by atoms with van der Waals surface area (Å²) in [6.07, 6.45) is 5.13. The third-order valence-electron chi connectivity index (χ3n) is 7.07.